The van der Waals surface area contributed by atoms with E-state index in [1.54, 1.807) is 0 Å². The molecule has 0 atom stereocenters. The second-order valence-corrected chi connectivity index (χ2v) is 3.86. The minimum atomic E-state index is -4.38. The molecule has 0 aliphatic heterocycles. The van der Waals surface area contributed by atoms with E-state index in [1.807, 2.05) is 0 Å². The summed E-state index contributed by atoms with van der Waals surface area (Å²) in [6, 6.07) is 0. The first kappa shape index (κ1) is 45.6. The van der Waals surface area contributed by atoms with E-state index in [2.05, 4.69) is 0 Å². The molecule has 0 aliphatic rings. The maximum Gasteiger partial charge on any atom is 0.558 e. The summed E-state index contributed by atoms with van der Waals surface area (Å²) < 4.78 is 176. The van der Waals surface area contributed by atoms with Crippen LogP contribution in [0.5, 0.6) is 0 Å². The van der Waals surface area contributed by atoms with Crippen LogP contribution in [0.1, 0.15) is 0 Å². The normalized spacial score (nSPS) is 8.64. The van der Waals surface area contributed by atoms with Gasteiger partial charge < -0.3 is 0 Å². The van der Waals surface area contributed by atoms with E-state index in [4.69, 9.17) is 0 Å². The van der Waals surface area contributed by atoms with Crippen molar-refractivity contribution in [3.8, 4) is 0 Å². The fraction of sp³-hybridized carbons (Fsp3) is 0. The third-order valence-corrected chi connectivity index (χ3v) is 0. The summed E-state index contributed by atoms with van der Waals surface area (Å²) in [4.78, 5) is 0. The molecule has 0 saturated carbocycles. The topological polar surface area (TPSA) is 0 Å². The van der Waals surface area contributed by atoms with E-state index in [1.165, 1.54) is 0 Å². The molecule has 0 saturated heterocycles. The number of rotatable bonds is 0. The molecule has 0 aromatic carbocycles. The van der Waals surface area contributed by atoms with Crippen molar-refractivity contribution in [2.75, 3.05) is 0 Å². The third kappa shape index (κ3) is 3720. The maximum atomic E-state index is 9.77. The number of halogens is 18. The SMILES string of the molecule is F[PH+](F)F.F[PH+](F)F.F[PH+](F)F.F[PH+](F)F.F[PH+](F)F.F[PH+](F)F.[Mo]. The first-order valence-corrected chi connectivity index (χ1v) is 10.2. The molecule has 0 spiro atoms. The van der Waals surface area contributed by atoms with Crippen LogP contribution in [0.15, 0.2) is 0 Å². The number of hydrogen-bond acceptors (Lipinski definition) is 0. The molecule has 0 fully saturated rings. The molecule has 0 N–H and O–H groups in total. The Morgan fingerprint density at radius 3 is 0.200 bits per heavy atom. The smallest absolute Gasteiger partial charge is 0 e. The molecule has 0 unspecified atom stereocenters. The molecule has 0 aromatic rings. The van der Waals surface area contributed by atoms with Gasteiger partial charge in [0.15, 0.2) is 0 Å². The van der Waals surface area contributed by atoms with Crippen molar-refractivity contribution >= 4 is 53.1 Å². The van der Waals surface area contributed by atoms with Gasteiger partial charge in [-0.3, -0.25) is 0 Å². The number of hydrogen-bond donors (Lipinski definition) is 0. The van der Waals surface area contributed by atoms with Crippen molar-refractivity contribution in [2.24, 2.45) is 0 Å². The van der Waals surface area contributed by atoms with Crippen LogP contribution < -0.4 is 0 Å². The average molecular weight is 630 g/mol. The summed E-state index contributed by atoms with van der Waals surface area (Å²) in [5.74, 6) is 0. The van der Waals surface area contributed by atoms with Gasteiger partial charge in [-0.15, -0.1) is 0 Å². The van der Waals surface area contributed by atoms with Gasteiger partial charge in [-0.1, -0.05) is 0 Å². The monoisotopic (exact) mass is 632 g/mol. The standard InChI is InChI=1S/6F3HP.Mo/c6*1-4(2)3;/h6*4H;/q6*+1;. The van der Waals surface area contributed by atoms with E-state index in [0.29, 0.717) is 0 Å². The van der Waals surface area contributed by atoms with E-state index in [9.17, 15) is 75.5 Å². The minimum Gasteiger partial charge on any atom is 0 e. The summed E-state index contributed by atoms with van der Waals surface area (Å²) in [6.07, 6.45) is 0. The van der Waals surface area contributed by atoms with E-state index >= 15 is 0 Å². The van der Waals surface area contributed by atoms with Crippen molar-refractivity contribution in [2.45, 2.75) is 0 Å². The summed E-state index contributed by atoms with van der Waals surface area (Å²) in [7, 11) is -26.3. The van der Waals surface area contributed by atoms with Crippen LogP contribution in [0.4, 0.5) is 75.5 Å². The molecule has 25 heavy (non-hydrogen) atoms. The Kier molecular flexibility index (Phi) is 74.2. The van der Waals surface area contributed by atoms with Crippen LogP contribution in [0, 0.1) is 0 Å². The second kappa shape index (κ2) is 40.6. The van der Waals surface area contributed by atoms with Crippen molar-refractivity contribution in [3.63, 3.8) is 0 Å². The van der Waals surface area contributed by atoms with Crippen molar-refractivity contribution in [3.05, 3.63) is 0 Å². The van der Waals surface area contributed by atoms with Gasteiger partial charge in [-0.2, -0.15) is 0 Å². The Balaban J connectivity index is -0.0000000309. The predicted octanol–water partition coefficient (Wildman–Crippen LogP) is 11.1. The van der Waals surface area contributed by atoms with Crippen molar-refractivity contribution < 1.29 is 96.6 Å². The predicted molar refractivity (Wildman–Crippen MR) is 69.8 cm³/mol. The zero-order valence-electron chi connectivity index (χ0n) is 10.2. The molecule has 0 heterocycles. The Bertz CT molecular complexity index is 101. The van der Waals surface area contributed by atoms with Crippen LogP contribution in [-0.2, 0) is 21.1 Å². The van der Waals surface area contributed by atoms with Gasteiger partial charge in [-0.05, 0) is 0 Å². The largest absolute Gasteiger partial charge is 0.558 e. The van der Waals surface area contributed by atoms with Gasteiger partial charge in [0.25, 0.3) is 0 Å². The fourth-order valence-electron chi connectivity index (χ4n) is 0. The van der Waals surface area contributed by atoms with Gasteiger partial charge in [0.1, 0.15) is 0 Å². The third-order valence-electron chi connectivity index (χ3n) is 0. The molecule has 0 rings (SSSR count). The Hall–Kier alpha value is 2.01. The quantitative estimate of drug-likeness (QED) is 0.142. The molecule has 0 aliphatic carbocycles. The minimum absolute atomic E-state index is 0. The van der Waals surface area contributed by atoms with Crippen LogP contribution in [0.25, 0.3) is 0 Å². The molecule has 0 bridgehead atoms. The van der Waals surface area contributed by atoms with Gasteiger partial charge >= 0.3 is 53.1 Å². The molecular weight excluding hydrogens is 624 g/mol. The zero-order chi connectivity index (χ0) is 21.5. The molecular formula is H6F18MoP6+6. The van der Waals surface area contributed by atoms with Crippen LogP contribution in [-0.4, -0.2) is 0 Å². The van der Waals surface area contributed by atoms with E-state index in [0.717, 1.165) is 0 Å². The average Bonchev–Trinajstić information content (AvgIpc) is 2.08. The Morgan fingerprint density at radius 2 is 0.200 bits per heavy atom. The zero-order valence-corrected chi connectivity index (χ0v) is 18.2. The fourth-order valence-corrected chi connectivity index (χ4v) is 0. The molecule has 25 heteroatoms. The van der Waals surface area contributed by atoms with Crippen LogP contribution in [0.2, 0.25) is 0 Å². The molecule has 0 nitrogen and oxygen atoms in total. The summed E-state index contributed by atoms with van der Waals surface area (Å²) in [6.45, 7) is 0. The van der Waals surface area contributed by atoms with Crippen molar-refractivity contribution in [1.29, 1.82) is 0 Å². The van der Waals surface area contributed by atoms with Gasteiger partial charge in [0.05, 0.1) is 0 Å². The van der Waals surface area contributed by atoms with E-state index in [-0.39, 0.29) is 21.1 Å². The van der Waals surface area contributed by atoms with Gasteiger partial charge in [0.2, 0.25) is 0 Å². The van der Waals surface area contributed by atoms with Crippen molar-refractivity contribution in [1.82, 2.24) is 0 Å². The Morgan fingerprint density at radius 1 is 0.200 bits per heavy atom. The maximum absolute atomic E-state index is 9.77. The molecule has 0 radical (unpaired) electrons. The molecule has 162 valence electrons. The second-order valence-electron chi connectivity index (χ2n) is 1.29. The molecule has 0 aromatic heterocycles. The van der Waals surface area contributed by atoms with Gasteiger partial charge in [0, 0.05) is 96.6 Å². The van der Waals surface area contributed by atoms with Crippen LogP contribution in [0.3, 0.4) is 0 Å². The summed E-state index contributed by atoms with van der Waals surface area (Å²) in [5, 5.41) is 0. The first-order valence-electron chi connectivity index (χ1n) is 3.40. The Labute approximate surface area is 150 Å². The van der Waals surface area contributed by atoms with Crippen LogP contribution >= 0.6 is 53.1 Å². The summed E-state index contributed by atoms with van der Waals surface area (Å²) in [5.41, 5.74) is 0. The molecule has 0 amide bonds. The van der Waals surface area contributed by atoms with Gasteiger partial charge in [-0.25, -0.2) is 0 Å². The summed E-state index contributed by atoms with van der Waals surface area (Å²) >= 11 is 0. The van der Waals surface area contributed by atoms with E-state index < -0.39 is 53.1 Å². The first-order chi connectivity index (χ1) is 10.4.